The standard InChI is InChI=1S/C11H8ClN3O/c12-11-14-6-8-10(15-11)16-9-4-2-1-3-7(9)5-13-8/h1-4,6,13H,5H2. The molecule has 2 heterocycles. The van der Waals surface area contributed by atoms with E-state index in [2.05, 4.69) is 15.3 Å². The molecule has 4 nitrogen and oxygen atoms in total. The molecule has 1 aromatic carbocycles. The van der Waals surface area contributed by atoms with Gasteiger partial charge in [0.2, 0.25) is 11.2 Å². The Hall–Kier alpha value is -1.81. The summed E-state index contributed by atoms with van der Waals surface area (Å²) in [6.45, 7) is 0.689. The summed E-state index contributed by atoms with van der Waals surface area (Å²) in [7, 11) is 0. The van der Waals surface area contributed by atoms with Crippen LogP contribution in [0.2, 0.25) is 5.28 Å². The Labute approximate surface area is 97.3 Å². The van der Waals surface area contributed by atoms with Gasteiger partial charge in [-0.05, 0) is 17.7 Å². The van der Waals surface area contributed by atoms with Crippen LogP contribution in [-0.2, 0) is 6.54 Å². The normalized spacial score (nSPS) is 12.8. The van der Waals surface area contributed by atoms with Crippen molar-refractivity contribution in [1.82, 2.24) is 9.97 Å². The molecule has 2 aromatic rings. The zero-order valence-corrected chi connectivity index (χ0v) is 9.03. The van der Waals surface area contributed by atoms with Crippen molar-refractivity contribution < 1.29 is 4.74 Å². The Morgan fingerprint density at radius 1 is 1.31 bits per heavy atom. The molecule has 0 spiro atoms. The van der Waals surface area contributed by atoms with Gasteiger partial charge in [-0.15, -0.1) is 0 Å². The summed E-state index contributed by atoms with van der Waals surface area (Å²) in [6, 6.07) is 7.80. The predicted molar refractivity (Wildman–Crippen MR) is 60.9 cm³/mol. The third-order valence-corrected chi connectivity index (χ3v) is 2.56. The molecule has 0 atom stereocenters. The Morgan fingerprint density at radius 3 is 3.12 bits per heavy atom. The highest BCUT2D eigenvalue weighted by Crippen LogP contribution is 2.33. The Kier molecular flexibility index (Phi) is 2.15. The highest BCUT2D eigenvalue weighted by Gasteiger charge is 2.15. The second kappa shape index (κ2) is 3.64. The SMILES string of the molecule is Clc1ncc2c(n1)Oc1ccccc1CN2. The van der Waals surface area contributed by atoms with Crippen molar-refractivity contribution in [3.05, 3.63) is 41.3 Å². The quantitative estimate of drug-likeness (QED) is 0.711. The van der Waals surface area contributed by atoms with Gasteiger partial charge in [0.1, 0.15) is 11.4 Å². The maximum atomic E-state index is 5.73. The van der Waals surface area contributed by atoms with Gasteiger partial charge in [-0.25, -0.2) is 4.98 Å². The number of anilines is 1. The molecule has 0 unspecified atom stereocenters. The minimum atomic E-state index is 0.180. The van der Waals surface area contributed by atoms with E-state index in [4.69, 9.17) is 16.3 Å². The molecule has 1 aliphatic rings. The number of nitrogens with one attached hydrogen (secondary N) is 1. The molecule has 0 radical (unpaired) electrons. The molecule has 3 rings (SSSR count). The first-order valence-electron chi connectivity index (χ1n) is 4.85. The summed E-state index contributed by atoms with van der Waals surface area (Å²) in [5.41, 5.74) is 1.83. The largest absolute Gasteiger partial charge is 0.437 e. The van der Waals surface area contributed by atoms with Crippen molar-refractivity contribution in [2.24, 2.45) is 0 Å². The summed E-state index contributed by atoms with van der Waals surface area (Å²) in [5.74, 6) is 1.26. The molecule has 0 fully saturated rings. The monoisotopic (exact) mass is 233 g/mol. The summed E-state index contributed by atoms with van der Waals surface area (Å²) >= 11 is 5.73. The number of para-hydroxylation sites is 1. The average Bonchev–Trinajstić information content (AvgIpc) is 2.47. The van der Waals surface area contributed by atoms with Crippen LogP contribution < -0.4 is 10.1 Å². The first-order chi connectivity index (χ1) is 7.83. The molecular weight excluding hydrogens is 226 g/mol. The lowest BCUT2D eigenvalue weighted by molar-refractivity contribution is 0.463. The van der Waals surface area contributed by atoms with E-state index in [1.165, 1.54) is 0 Å². The van der Waals surface area contributed by atoms with Gasteiger partial charge in [0.15, 0.2) is 0 Å². The second-order valence-electron chi connectivity index (χ2n) is 3.42. The van der Waals surface area contributed by atoms with E-state index in [0.29, 0.717) is 12.4 Å². The van der Waals surface area contributed by atoms with Crippen LogP contribution in [0.4, 0.5) is 5.69 Å². The number of hydrogen-bond donors (Lipinski definition) is 1. The fraction of sp³-hybridized carbons (Fsp3) is 0.0909. The summed E-state index contributed by atoms with van der Waals surface area (Å²) in [4.78, 5) is 7.95. The van der Waals surface area contributed by atoms with E-state index < -0.39 is 0 Å². The predicted octanol–water partition coefficient (Wildman–Crippen LogP) is 2.85. The Bertz CT molecular complexity index is 545. The first kappa shape index (κ1) is 9.42. The van der Waals surface area contributed by atoms with Crippen molar-refractivity contribution >= 4 is 17.3 Å². The molecule has 0 saturated carbocycles. The van der Waals surface area contributed by atoms with Crippen molar-refractivity contribution in [1.29, 1.82) is 0 Å². The van der Waals surface area contributed by atoms with Crippen LogP contribution in [0.5, 0.6) is 11.6 Å². The van der Waals surface area contributed by atoms with Gasteiger partial charge in [-0.3, -0.25) is 0 Å². The van der Waals surface area contributed by atoms with Gasteiger partial charge < -0.3 is 10.1 Å². The Balaban J connectivity index is 2.10. The third kappa shape index (κ3) is 1.57. The molecule has 80 valence electrons. The summed E-state index contributed by atoms with van der Waals surface area (Å²) < 4.78 is 5.69. The molecule has 0 amide bonds. The number of fused-ring (bicyclic) bond motifs is 2. The lowest BCUT2D eigenvalue weighted by Crippen LogP contribution is -1.98. The lowest BCUT2D eigenvalue weighted by Gasteiger charge is -2.05. The molecule has 5 heteroatoms. The fourth-order valence-electron chi connectivity index (χ4n) is 1.59. The van der Waals surface area contributed by atoms with Gasteiger partial charge in [0.25, 0.3) is 0 Å². The van der Waals surface area contributed by atoms with Crippen LogP contribution in [-0.4, -0.2) is 9.97 Å². The van der Waals surface area contributed by atoms with E-state index in [1.54, 1.807) is 6.20 Å². The van der Waals surface area contributed by atoms with E-state index in [9.17, 15) is 0 Å². The fourth-order valence-corrected chi connectivity index (χ4v) is 1.71. The highest BCUT2D eigenvalue weighted by molar-refractivity contribution is 6.28. The van der Waals surface area contributed by atoms with Crippen molar-refractivity contribution in [3.8, 4) is 11.6 Å². The zero-order valence-electron chi connectivity index (χ0n) is 8.27. The van der Waals surface area contributed by atoms with Crippen LogP contribution >= 0.6 is 11.6 Å². The van der Waals surface area contributed by atoms with E-state index >= 15 is 0 Å². The Morgan fingerprint density at radius 2 is 2.19 bits per heavy atom. The van der Waals surface area contributed by atoms with E-state index in [-0.39, 0.29) is 5.28 Å². The van der Waals surface area contributed by atoms with Crippen LogP contribution in [0.25, 0.3) is 0 Å². The van der Waals surface area contributed by atoms with Crippen LogP contribution in [0, 0.1) is 0 Å². The second-order valence-corrected chi connectivity index (χ2v) is 3.76. The molecule has 1 aromatic heterocycles. The maximum absolute atomic E-state index is 5.73. The van der Waals surface area contributed by atoms with Gasteiger partial charge in [-0.1, -0.05) is 18.2 Å². The number of benzene rings is 1. The van der Waals surface area contributed by atoms with E-state index in [1.807, 2.05) is 24.3 Å². The number of rotatable bonds is 0. The summed E-state index contributed by atoms with van der Waals surface area (Å²) in [5, 5.41) is 3.38. The highest BCUT2D eigenvalue weighted by atomic mass is 35.5. The van der Waals surface area contributed by atoms with Crippen LogP contribution in [0.15, 0.2) is 30.5 Å². The van der Waals surface area contributed by atoms with Gasteiger partial charge in [0.05, 0.1) is 6.20 Å². The number of aromatic nitrogens is 2. The van der Waals surface area contributed by atoms with Crippen LogP contribution in [0.3, 0.4) is 0 Å². The smallest absolute Gasteiger partial charge is 0.247 e. The van der Waals surface area contributed by atoms with Crippen molar-refractivity contribution in [2.75, 3.05) is 5.32 Å². The topological polar surface area (TPSA) is 47.0 Å². The molecule has 0 bridgehead atoms. The molecule has 0 saturated heterocycles. The summed E-state index contributed by atoms with van der Waals surface area (Å²) in [6.07, 6.45) is 1.62. The van der Waals surface area contributed by atoms with Gasteiger partial charge >= 0.3 is 0 Å². The van der Waals surface area contributed by atoms with Crippen LogP contribution in [0.1, 0.15) is 5.56 Å². The van der Waals surface area contributed by atoms with Crippen molar-refractivity contribution in [3.63, 3.8) is 0 Å². The maximum Gasteiger partial charge on any atom is 0.247 e. The number of ether oxygens (including phenoxy) is 1. The average molecular weight is 234 g/mol. The molecule has 16 heavy (non-hydrogen) atoms. The number of nitrogens with zero attached hydrogens (tertiary/aromatic N) is 2. The minimum Gasteiger partial charge on any atom is -0.437 e. The first-order valence-corrected chi connectivity index (χ1v) is 5.23. The molecule has 1 N–H and O–H groups in total. The third-order valence-electron chi connectivity index (χ3n) is 2.37. The molecule has 1 aliphatic heterocycles. The minimum absolute atomic E-state index is 0.180. The molecule has 0 aliphatic carbocycles. The molecular formula is C11H8ClN3O. The number of halogens is 1. The van der Waals surface area contributed by atoms with Gasteiger partial charge in [0, 0.05) is 12.1 Å². The number of hydrogen-bond acceptors (Lipinski definition) is 4. The van der Waals surface area contributed by atoms with Gasteiger partial charge in [-0.2, -0.15) is 4.98 Å². The lowest BCUT2D eigenvalue weighted by atomic mass is 10.2. The van der Waals surface area contributed by atoms with E-state index in [0.717, 1.165) is 17.0 Å². The van der Waals surface area contributed by atoms with Crippen molar-refractivity contribution in [2.45, 2.75) is 6.54 Å². The zero-order chi connectivity index (χ0) is 11.0.